The number of hydrogen-bond acceptors (Lipinski definition) is 3. The second kappa shape index (κ2) is 7.26. The summed E-state index contributed by atoms with van der Waals surface area (Å²) in [5.74, 6) is 1.48. The van der Waals surface area contributed by atoms with Gasteiger partial charge in [0.2, 0.25) is 0 Å². The van der Waals surface area contributed by atoms with Gasteiger partial charge in [-0.25, -0.2) is 0 Å². The van der Waals surface area contributed by atoms with Crippen molar-refractivity contribution in [1.82, 2.24) is 5.32 Å². The van der Waals surface area contributed by atoms with E-state index >= 15 is 0 Å². The highest BCUT2D eigenvalue weighted by Crippen LogP contribution is 2.40. The van der Waals surface area contributed by atoms with Crippen LogP contribution in [0.2, 0.25) is 0 Å². The largest absolute Gasteiger partial charge is 0.487 e. The average Bonchev–Trinajstić information content (AvgIpc) is 2.56. The standard InChI is InChI=1S/C23H29NO3/c1-14-7-9-16(3)20(11-14)26-17(4)22(25)24-19-13-23(5,6)27-21-12-15(2)8-10-18(19)21/h7-12,17,19H,13H2,1-6H3,(H,24,25)/t17-,19-/m0/s1. The fraction of sp³-hybridized carbons (Fsp3) is 0.435. The first-order valence-corrected chi connectivity index (χ1v) is 9.48. The minimum Gasteiger partial charge on any atom is -0.487 e. The molecule has 1 heterocycles. The molecule has 2 atom stereocenters. The van der Waals surface area contributed by atoms with Crippen LogP contribution in [-0.4, -0.2) is 17.6 Å². The monoisotopic (exact) mass is 367 g/mol. The van der Waals surface area contributed by atoms with E-state index in [1.807, 2.05) is 65.0 Å². The molecule has 1 aliphatic rings. The number of aryl methyl sites for hydroxylation is 3. The fourth-order valence-corrected chi connectivity index (χ4v) is 3.45. The molecule has 0 bridgehead atoms. The Morgan fingerprint density at radius 3 is 2.56 bits per heavy atom. The Morgan fingerprint density at radius 2 is 1.81 bits per heavy atom. The zero-order valence-corrected chi connectivity index (χ0v) is 17.1. The van der Waals surface area contributed by atoms with Gasteiger partial charge in [0.25, 0.3) is 5.91 Å². The van der Waals surface area contributed by atoms with Crippen LogP contribution < -0.4 is 14.8 Å². The van der Waals surface area contributed by atoms with Crippen molar-refractivity contribution in [2.45, 2.75) is 65.7 Å². The maximum Gasteiger partial charge on any atom is 0.261 e. The average molecular weight is 367 g/mol. The Morgan fingerprint density at radius 1 is 1.15 bits per heavy atom. The van der Waals surface area contributed by atoms with Crippen LogP contribution in [0.4, 0.5) is 0 Å². The number of rotatable bonds is 4. The first-order chi connectivity index (χ1) is 12.6. The van der Waals surface area contributed by atoms with Crippen molar-refractivity contribution in [3.8, 4) is 11.5 Å². The van der Waals surface area contributed by atoms with Gasteiger partial charge in [-0.15, -0.1) is 0 Å². The molecular formula is C23H29NO3. The van der Waals surface area contributed by atoms with E-state index in [1.165, 1.54) is 0 Å². The van der Waals surface area contributed by atoms with Crippen molar-refractivity contribution in [1.29, 1.82) is 0 Å². The van der Waals surface area contributed by atoms with E-state index < -0.39 is 6.10 Å². The SMILES string of the molecule is Cc1ccc(C)c(O[C@@H](C)C(=O)N[C@H]2CC(C)(C)Oc3cc(C)ccc32)c1. The van der Waals surface area contributed by atoms with Crippen LogP contribution in [0.1, 0.15) is 55.5 Å². The highest BCUT2D eigenvalue weighted by molar-refractivity contribution is 5.81. The Kier molecular flexibility index (Phi) is 5.18. The molecule has 0 radical (unpaired) electrons. The predicted molar refractivity (Wildman–Crippen MR) is 107 cm³/mol. The molecule has 0 fully saturated rings. The lowest BCUT2D eigenvalue weighted by atomic mass is 9.89. The third-order valence-electron chi connectivity index (χ3n) is 4.96. The molecule has 0 saturated heterocycles. The summed E-state index contributed by atoms with van der Waals surface area (Å²) in [4.78, 5) is 12.8. The van der Waals surface area contributed by atoms with Gasteiger partial charge < -0.3 is 14.8 Å². The molecule has 0 saturated carbocycles. The molecule has 144 valence electrons. The highest BCUT2D eigenvalue weighted by atomic mass is 16.5. The number of ether oxygens (including phenoxy) is 2. The summed E-state index contributed by atoms with van der Waals surface area (Å²) < 4.78 is 12.1. The lowest BCUT2D eigenvalue weighted by Gasteiger charge is -2.38. The second-order valence-electron chi connectivity index (χ2n) is 8.20. The lowest BCUT2D eigenvalue weighted by molar-refractivity contribution is -0.128. The lowest BCUT2D eigenvalue weighted by Crippen LogP contribution is -2.44. The molecule has 0 unspecified atom stereocenters. The molecule has 0 aliphatic carbocycles. The number of nitrogens with one attached hydrogen (secondary N) is 1. The van der Waals surface area contributed by atoms with Crippen LogP contribution in [-0.2, 0) is 4.79 Å². The van der Waals surface area contributed by atoms with E-state index in [1.54, 1.807) is 6.92 Å². The maximum atomic E-state index is 12.8. The zero-order chi connectivity index (χ0) is 19.8. The number of carbonyl (C=O) groups excluding carboxylic acids is 1. The van der Waals surface area contributed by atoms with Gasteiger partial charge >= 0.3 is 0 Å². The summed E-state index contributed by atoms with van der Waals surface area (Å²) in [5, 5.41) is 3.16. The van der Waals surface area contributed by atoms with Crippen molar-refractivity contribution in [3.63, 3.8) is 0 Å². The van der Waals surface area contributed by atoms with Crippen LogP contribution in [0.3, 0.4) is 0 Å². The van der Waals surface area contributed by atoms with Crippen molar-refractivity contribution in [3.05, 3.63) is 58.7 Å². The quantitative estimate of drug-likeness (QED) is 0.844. The summed E-state index contributed by atoms with van der Waals surface area (Å²) in [5.41, 5.74) is 3.96. The van der Waals surface area contributed by atoms with E-state index in [4.69, 9.17) is 9.47 Å². The van der Waals surface area contributed by atoms with Crippen molar-refractivity contribution < 1.29 is 14.3 Å². The second-order valence-corrected chi connectivity index (χ2v) is 8.20. The highest BCUT2D eigenvalue weighted by Gasteiger charge is 2.35. The first-order valence-electron chi connectivity index (χ1n) is 9.48. The molecule has 4 nitrogen and oxygen atoms in total. The Bertz CT molecular complexity index is 857. The van der Waals surface area contributed by atoms with Gasteiger partial charge in [0.1, 0.15) is 17.1 Å². The fourth-order valence-electron chi connectivity index (χ4n) is 3.45. The molecule has 2 aromatic rings. The Hall–Kier alpha value is -2.49. The van der Waals surface area contributed by atoms with Gasteiger partial charge in [0.05, 0.1) is 6.04 Å². The molecule has 1 N–H and O–H groups in total. The summed E-state index contributed by atoms with van der Waals surface area (Å²) in [6, 6.07) is 12.0. The summed E-state index contributed by atoms with van der Waals surface area (Å²) in [6.45, 7) is 11.9. The van der Waals surface area contributed by atoms with Gasteiger partial charge in [-0.3, -0.25) is 4.79 Å². The van der Waals surface area contributed by atoms with E-state index in [9.17, 15) is 4.79 Å². The number of amides is 1. The van der Waals surface area contributed by atoms with E-state index in [0.717, 1.165) is 33.8 Å². The first kappa shape index (κ1) is 19.3. The topological polar surface area (TPSA) is 47.6 Å². The van der Waals surface area contributed by atoms with Crippen LogP contribution in [0.15, 0.2) is 36.4 Å². The third kappa shape index (κ3) is 4.44. The molecule has 1 amide bonds. The smallest absolute Gasteiger partial charge is 0.261 e. The number of hydrogen-bond donors (Lipinski definition) is 1. The number of fused-ring (bicyclic) bond motifs is 1. The summed E-state index contributed by atoms with van der Waals surface area (Å²) in [6.07, 6.45) is 0.135. The minimum atomic E-state index is -0.578. The Labute approximate surface area is 161 Å². The molecular weight excluding hydrogens is 338 g/mol. The van der Waals surface area contributed by atoms with E-state index in [0.29, 0.717) is 6.42 Å². The Balaban J connectivity index is 1.76. The molecule has 1 aliphatic heterocycles. The summed E-state index contributed by atoms with van der Waals surface area (Å²) >= 11 is 0. The molecule has 0 spiro atoms. The molecule has 27 heavy (non-hydrogen) atoms. The molecule has 0 aromatic heterocycles. The van der Waals surface area contributed by atoms with Crippen LogP contribution in [0.25, 0.3) is 0 Å². The summed E-state index contributed by atoms with van der Waals surface area (Å²) in [7, 11) is 0. The molecule has 4 heteroatoms. The molecule has 3 rings (SSSR count). The number of benzene rings is 2. The van der Waals surface area contributed by atoms with E-state index in [2.05, 4.69) is 11.4 Å². The van der Waals surface area contributed by atoms with E-state index in [-0.39, 0.29) is 17.6 Å². The van der Waals surface area contributed by atoms with Crippen LogP contribution in [0.5, 0.6) is 11.5 Å². The van der Waals surface area contributed by atoms with Gasteiger partial charge in [0, 0.05) is 12.0 Å². The normalized spacial score (nSPS) is 18.8. The zero-order valence-electron chi connectivity index (χ0n) is 17.1. The van der Waals surface area contributed by atoms with Crippen molar-refractivity contribution in [2.24, 2.45) is 0 Å². The number of carbonyl (C=O) groups is 1. The minimum absolute atomic E-state index is 0.0958. The van der Waals surface area contributed by atoms with Crippen LogP contribution in [0, 0.1) is 20.8 Å². The maximum absolute atomic E-state index is 12.8. The van der Waals surface area contributed by atoms with Gasteiger partial charge in [0.15, 0.2) is 6.10 Å². The molecule has 2 aromatic carbocycles. The third-order valence-corrected chi connectivity index (χ3v) is 4.96. The van der Waals surface area contributed by atoms with Crippen molar-refractivity contribution in [2.75, 3.05) is 0 Å². The van der Waals surface area contributed by atoms with Crippen LogP contribution >= 0.6 is 0 Å². The van der Waals surface area contributed by atoms with Gasteiger partial charge in [-0.05, 0) is 70.4 Å². The van der Waals surface area contributed by atoms with Gasteiger partial charge in [-0.2, -0.15) is 0 Å². The van der Waals surface area contributed by atoms with Crippen molar-refractivity contribution >= 4 is 5.91 Å². The predicted octanol–water partition coefficient (Wildman–Crippen LogP) is 4.80. The van der Waals surface area contributed by atoms with Gasteiger partial charge in [-0.1, -0.05) is 24.3 Å².